The first-order valence-corrected chi connectivity index (χ1v) is 12.3. The molecule has 0 heterocycles. The first-order chi connectivity index (χ1) is 15.6. The molecule has 1 rings (SSSR count). The lowest BCUT2D eigenvalue weighted by atomic mass is 9.88. The summed E-state index contributed by atoms with van der Waals surface area (Å²) in [5, 5.41) is 12.0. The lowest BCUT2D eigenvalue weighted by molar-refractivity contribution is -0.129. The van der Waals surface area contributed by atoms with E-state index in [9.17, 15) is 14.4 Å². The summed E-state index contributed by atoms with van der Waals surface area (Å²) >= 11 is 0. The van der Waals surface area contributed by atoms with Crippen molar-refractivity contribution in [3.8, 4) is 0 Å². The van der Waals surface area contributed by atoms with Crippen molar-refractivity contribution < 1.29 is 14.4 Å². The molecule has 2 atom stereocenters. The van der Waals surface area contributed by atoms with Crippen molar-refractivity contribution in [2.24, 2.45) is 11.3 Å². The topological polar surface area (TPSA) is 99.3 Å². The van der Waals surface area contributed by atoms with Crippen LogP contribution in [0.25, 0.3) is 0 Å². The second-order valence-electron chi connectivity index (χ2n) is 11.7. The Balaban J connectivity index is 2.93. The smallest absolute Gasteiger partial charge is 0.246 e. The molecule has 0 aromatic heterocycles. The van der Waals surface area contributed by atoms with Crippen LogP contribution in [0.4, 0.5) is 5.69 Å². The van der Waals surface area contributed by atoms with E-state index in [4.69, 9.17) is 0 Å². The molecule has 4 N–H and O–H groups in total. The van der Waals surface area contributed by atoms with Crippen LogP contribution in [-0.4, -0.2) is 41.9 Å². The van der Waals surface area contributed by atoms with Crippen LogP contribution in [0.2, 0.25) is 0 Å². The van der Waals surface area contributed by atoms with Crippen LogP contribution in [0.1, 0.15) is 80.7 Å². The monoisotopic (exact) mass is 474 g/mol. The van der Waals surface area contributed by atoms with Crippen molar-refractivity contribution in [1.29, 1.82) is 0 Å². The zero-order chi connectivity index (χ0) is 26.1. The fourth-order valence-electron chi connectivity index (χ4n) is 3.65. The third-order valence-corrected chi connectivity index (χ3v) is 5.17. The van der Waals surface area contributed by atoms with Crippen molar-refractivity contribution in [3.05, 3.63) is 29.8 Å². The summed E-state index contributed by atoms with van der Waals surface area (Å²) in [6.45, 7) is 18.5. The number of nitrogens with one attached hydrogen (secondary N) is 4. The average molecular weight is 475 g/mol. The number of carbonyl (C=O) groups excluding carboxylic acids is 3. The number of anilines is 1. The molecule has 0 saturated heterocycles. The summed E-state index contributed by atoms with van der Waals surface area (Å²) in [5.41, 5.74) is 1.84. The van der Waals surface area contributed by atoms with Gasteiger partial charge in [0.15, 0.2) is 0 Å². The molecule has 0 bridgehead atoms. The van der Waals surface area contributed by atoms with Crippen molar-refractivity contribution in [1.82, 2.24) is 16.0 Å². The van der Waals surface area contributed by atoms with Gasteiger partial charge in [-0.25, -0.2) is 0 Å². The standard InChI is InChI=1S/C27H46N4O3/c1-18(2)23(31-27(7,8)9)25(34)30-22(11-10-16-28-19(3)32)24(33)29-21-14-12-20(13-15-21)17-26(4,5)6/h12-15,18,22-23,31H,10-11,16-17H2,1-9H3,(H,28,32)(H,29,33)(H,30,34). The van der Waals surface area contributed by atoms with Crippen LogP contribution in [-0.2, 0) is 20.8 Å². The maximum absolute atomic E-state index is 13.1. The minimum Gasteiger partial charge on any atom is -0.356 e. The molecule has 0 aliphatic heterocycles. The number of hydrogen-bond acceptors (Lipinski definition) is 4. The normalized spacial score (nSPS) is 13.8. The molecule has 34 heavy (non-hydrogen) atoms. The second kappa shape index (κ2) is 12.9. The highest BCUT2D eigenvalue weighted by Gasteiger charge is 2.30. The van der Waals surface area contributed by atoms with Crippen molar-refractivity contribution in [3.63, 3.8) is 0 Å². The van der Waals surface area contributed by atoms with E-state index < -0.39 is 12.1 Å². The number of amides is 3. The zero-order valence-electron chi connectivity index (χ0n) is 22.6. The van der Waals surface area contributed by atoms with Crippen LogP contribution in [0.5, 0.6) is 0 Å². The number of rotatable bonds is 11. The van der Waals surface area contributed by atoms with Crippen LogP contribution in [0.15, 0.2) is 24.3 Å². The molecule has 1 aromatic rings. The Bertz CT molecular complexity index is 805. The molecule has 192 valence electrons. The Hall–Kier alpha value is -2.41. The summed E-state index contributed by atoms with van der Waals surface area (Å²) in [7, 11) is 0. The Morgan fingerprint density at radius 3 is 1.97 bits per heavy atom. The van der Waals surface area contributed by atoms with E-state index in [1.807, 2.05) is 58.9 Å². The molecule has 0 saturated carbocycles. The van der Waals surface area contributed by atoms with E-state index >= 15 is 0 Å². The van der Waals surface area contributed by atoms with Gasteiger partial charge in [-0.15, -0.1) is 0 Å². The third kappa shape index (κ3) is 12.2. The fourth-order valence-corrected chi connectivity index (χ4v) is 3.65. The first kappa shape index (κ1) is 29.6. The van der Waals surface area contributed by atoms with Gasteiger partial charge in [-0.1, -0.05) is 46.8 Å². The highest BCUT2D eigenvalue weighted by atomic mass is 16.2. The molecular formula is C27H46N4O3. The fraction of sp³-hybridized carbons (Fsp3) is 0.667. The van der Waals surface area contributed by atoms with Crippen molar-refractivity contribution in [2.45, 2.75) is 99.2 Å². The van der Waals surface area contributed by atoms with Crippen molar-refractivity contribution >= 4 is 23.4 Å². The Morgan fingerprint density at radius 2 is 1.50 bits per heavy atom. The summed E-state index contributed by atoms with van der Waals surface area (Å²) in [6, 6.07) is 6.70. The third-order valence-electron chi connectivity index (χ3n) is 5.17. The average Bonchev–Trinajstić information content (AvgIpc) is 2.67. The van der Waals surface area contributed by atoms with Crippen molar-refractivity contribution in [2.75, 3.05) is 11.9 Å². The van der Waals surface area contributed by atoms with Crippen LogP contribution in [0.3, 0.4) is 0 Å². The van der Waals surface area contributed by atoms with Crippen LogP contribution in [0, 0.1) is 11.3 Å². The van der Waals surface area contributed by atoms with Gasteiger partial charge in [0.05, 0.1) is 6.04 Å². The van der Waals surface area contributed by atoms with E-state index in [1.165, 1.54) is 12.5 Å². The van der Waals surface area contributed by atoms with Gasteiger partial charge in [0.2, 0.25) is 17.7 Å². The largest absolute Gasteiger partial charge is 0.356 e. The minimum absolute atomic E-state index is 0.0534. The molecule has 2 unspecified atom stereocenters. The van der Waals surface area contributed by atoms with E-state index in [2.05, 4.69) is 42.0 Å². The molecule has 0 aliphatic rings. The number of benzene rings is 1. The number of carbonyl (C=O) groups is 3. The van der Waals surface area contributed by atoms with Gasteiger partial charge >= 0.3 is 0 Å². The highest BCUT2D eigenvalue weighted by molar-refractivity contribution is 5.97. The Labute approximate surface area is 206 Å². The molecule has 0 spiro atoms. The zero-order valence-corrected chi connectivity index (χ0v) is 22.6. The Morgan fingerprint density at radius 1 is 0.912 bits per heavy atom. The second-order valence-corrected chi connectivity index (χ2v) is 11.7. The first-order valence-electron chi connectivity index (χ1n) is 12.3. The van der Waals surface area contributed by atoms with E-state index in [0.29, 0.717) is 25.1 Å². The maximum Gasteiger partial charge on any atom is 0.246 e. The lowest BCUT2D eigenvalue weighted by Gasteiger charge is -2.31. The van der Waals surface area contributed by atoms with Gasteiger partial charge < -0.3 is 21.3 Å². The minimum atomic E-state index is -0.710. The highest BCUT2D eigenvalue weighted by Crippen LogP contribution is 2.22. The molecule has 7 nitrogen and oxygen atoms in total. The van der Waals surface area contributed by atoms with E-state index in [-0.39, 0.29) is 34.6 Å². The summed E-state index contributed by atoms with van der Waals surface area (Å²) in [4.78, 5) is 37.4. The molecule has 0 aliphatic carbocycles. The molecule has 0 radical (unpaired) electrons. The lowest BCUT2D eigenvalue weighted by Crippen LogP contribution is -2.57. The molecule has 7 heteroatoms. The molecule has 0 fully saturated rings. The van der Waals surface area contributed by atoms with Gasteiger partial charge in [0.1, 0.15) is 6.04 Å². The SMILES string of the molecule is CC(=O)NCCCC(NC(=O)C(NC(C)(C)C)C(C)C)C(=O)Nc1ccc(CC(C)(C)C)cc1. The van der Waals surface area contributed by atoms with Gasteiger partial charge in [-0.05, 0) is 69.1 Å². The van der Waals surface area contributed by atoms with Gasteiger partial charge in [-0.2, -0.15) is 0 Å². The van der Waals surface area contributed by atoms with E-state index in [1.54, 1.807) is 0 Å². The van der Waals surface area contributed by atoms with Gasteiger partial charge in [0.25, 0.3) is 0 Å². The van der Waals surface area contributed by atoms with Crippen LogP contribution >= 0.6 is 0 Å². The van der Waals surface area contributed by atoms with Crippen LogP contribution < -0.4 is 21.3 Å². The Kier molecular flexibility index (Phi) is 11.2. The quantitative estimate of drug-likeness (QED) is 0.364. The molecule has 1 aromatic carbocycles. The van der Waals surface area contributed by atoms with Gasteiger partial charge in [0, 0.05) is 24.7 Å². The summed E-state index contributed by atoms with van der Waals surface area (Å²) in [5.74, 6) is -0.532. The predicted molar refractivity (Wildman–Crippen MR) is 140 cm³/mol. The predicted octanol–water partition coefficient (Wildman–Crippen LogP) is 4.03. The summed E-state index contributed by atoms with van der Waals surface area (Å²) < 4.78 is 0. The molecular weight excluding hydrogens is 428 g/mol. The summed E-state index contributed by atoms with van der Waals surface area (Å²) in [6.07, 6.45) is 1.93. The van der Waals surface area contributed by atoms with E-state index in [0.717, 1.165) is 6.42 Å². The maximum atomic E-state index is 13.1. The number of hydrogen-bond donors (Lipinski definition) is 4. The molecule has 3 amide bonds. The van der Waals surface area contributed by atoms with Gasteiger partial charge in [-0.3, -0.25) is 14.4 Å².